The normalized spacial score (nSPS) is 8.45. The average molecular weight is 155 g/mol. The Morgan fingerprint density at radius 1 is 1.55 bits per heavy atom. The number of hydrogen-bond acceptors (Lipinski definition) is 2. The Morgan fingerprint density at radius 3 is 2.82 bits per heavy atom. The molecule has 62 valence electrons. The molecule has 3 heteroatoms. The van der Waals surface area contributed by atoms with Crippen LogP contribution in [0.1, 0.15) is 26.2 Å². The summed E-state index contributed by atoms with van der Waals surface area (Å²) >= 11 is 0. The number of rotatable bonds is 5. The highest BCUT2D eigenvalue weighted by Crippen LogP contribution is 1.95. The maximum atomic E-state index is 9.86. The molecular formula is C8H13NO2. The molecule has 0 radical (unpaired) electrons. The van der Waals surface area contributed by atoms with Crippen LogP contribution in [0.4, 0.5) is 0 Å². The molecule has 0 saturated heterocycles. The fraction of sp³-hybridized carbons (Fsp3) is 0.625. The van der Waals surface area contributed by atoms with Crippen LogP contribution in [0.15, 0.2) is 17.9 Å². The SMILES string of the molecule is CC=C=CCCCC[N+](=O)[O-]. The smallest absolute Gasteiger partial charge is 0.203 e. The van der Waals surface area contributed by atoms with E-state index in [1.807, 2.05) is 19.1 Å². The Balaban J connectivity index is 3.15. The summed E-state index contributed by atoms with van der Waals surface area (Å²) in [6, 6.07) is 0. The first kappa shape index (κ1) is 9.92. The number of allylic oxidation sites excluding steroid dienone is 1. The second-order valence-corrected chi connectivity index (χ2v) is 2.21. The van der Waals surface area contributed by atoms with Crippen molar-refractivity contribution < 1.29 is 4.92 Å². The van der Waals surface area contributed by atoms with Crippen LogP contribution in [0.3, 0.4) is 0 Å². The third-order valence-electron chi connectivity index (χ3n) is 1.22. The van der Waals surface area contributed by atoms with Crippen molar-refractivity contribution in [3.05, 3.63) is 28.0 Å². The van der Waals surface area contributed by atoms with E-state index in [1.54, 1.807) is 0 Å². The van der Waals surface area contributed by atoms with E-state index in [0.717, 1.165) is 12.8 Å². The summed E-state index contributed by atoms with van der Waals surface area (Å²) in [7, 11) is 0. The average Bonchev–Trinajstić information content (AvgIpc) is 1.96. The van der Waals surface area contributed by atoms with Crippen molar-refractivity contribution >= 4 is 0 Å². The third kappa shape index (κ3) is 8.92. The zero-order valence-corrected chi connectivity index (χ0v) is 6.75. The highest BCUT2D eigenvalue weighted by molar-refractivity contribution is 4.81. The van der Waals surface area contributed by atoms with Gasteiger partial charge in [-0.2, -0.15) is 0 Å². The van der Waals surface area contributed by atoms with E-state index in [2.05, 4.69) is 5.73 Å². The molecule has 0 aliphatic carbocycles. The predicted molar refractivity (Wildman–Crippen MR) is 44.0 cm³/mol. The topological polar surface area (TPSA) is 43.1 Å². The van der Waals surface area contributed by atoms with Crippen LogP contribution >= 0.6 is 0 Å². The molecule has 11 heavy (non-hydrogen) atoms. The molecule has 0 fully saturated rings. The summed E-state index contributed by atoms with van der Waals surface area (Å²) in [6.07, 6.45) is 6.16. The quantitative estimate of drug-likeness (QED) is 0.264. The van der Waals surface area contributed by atoms with Crippen LogP contribution in [-0.4, -0.2) is 11.5 Å². The first-order valence-electron chi connectivity index (χ1n) is 3.74. The minimum absolute atomic E-state index is 0.0870. The van der Waals surface area contributed by atoms with Crippen molar-refractivity contribution in [3.63, 3.8) is 0 Å². The minimum atomic E-state index is -0.278. The lowest BCUT2D eigenvalue weighted by molar-refractivity contribution is -0.480. The summed E-state index contributed by atoms with van der Waals surface area (Å²) in [5, 5.41) is 9.86. The predicted octanol–water partition coefficient (Wildman–Crippen LogP) is 2.16. The Hall–Kier alpha value is -1.08. The number of nitro groups is 1. The second kappa shape index (κ2) is 7.03. The van der Waals surface area contributed by atoms with Crippen molar-refractivity contribution in [1.29, 1.82) is 0 Å². The van der Waals surface area contributed by atoms with Crippen LogP contribution in [-0.2, 0) is 0 Å². The van der Waals surface area contributed by atoms with E-state index in [9.17, 15) is 10.1 Å². The van der Waals surface area contributed by atoms with Crippen molar-refractivity contribution in [1.82, 2.24) is 0 Å². The van der Waals surface area contributed by atoms with E-state index < -0.39 is 0 Å². The minimum Gasteiger partial charge on any atom is -0.265 e. The van der Waals surface area contributed by atoms with Crippen LogP contribution in [0, 0.1) is 10.1 Å². The Morgan fingerprint density at radius 2 is 2.27 bits per heavy atom. The largest absolute Gasteiger partial charge is 0.265 e. The summed E-state index contributed by atoms with van der Waals surface area (Å²) in [5.41, 5.74) is 2.92. The molecule has 3 nitrogen and oxygen atoms in total. The standard InChI is InChI=1S/C8H13NO2/c1-2-3-4-5-6-7-8-9(10)11/h2,4H,5-8H2,1H3. The molecule has 0 aliphatic rings. The molecule has 0 atom stereocenters. The monoisotopic (exact) mass is 155 g/mol. The second-order valence-electron chi connectivity index (χ2n) is 2.21. The number of nitrogens with zero attached hydrogens (tertiary/aromatic N) is 1. The lowest BCUT2D eigenvalue weighted by Gasteiger charge is -1.89. The highest BCUT2D eigenvalue weighted by Gasteiger charge is 1.93. The van der Waals surface area contributed by atoms with Crippen molar-refractivity contribution in [2.75, 3.05) is 6.54 Å². The van der Waals surface area contributed by atoms with Gasteiger partial charge in [-0.15, -0.1) is 5.73 Å². The van der Waals surface area contributed by atoms with Gasteiger partial charge >= 0.3 is 0 Å². The Bertz CT molecular complexity index is 169. The Kier molecular flexibility index (Phi) is 6.34. The summed E-state index contributed by atoms with van der Waals surface area (Å²) in [4.78, 5) is 9.58. The Labute approximate surface area is 66.6 Å². The van der Waals surface area contributed by atoms with E-state index in [-0.39, 0.29) is 11.5 Å². The molecule has 0 saturated carbocycles. The molecule has 0 amide bonds. The third-order valence-corrected chi connectivity index (χ3v) is 1.22. The van der Waals surface area contributed by atoms with Gasteiger partial charge in [0.15, 0.2) is 0 Å². The van der Waals surface area contributed by atoms with Gasteiger partial charge < -0.3 is 0 Å². The van der Waals surface area contributed by atoms with Gasteiger partial charge in [-0.3, -0.25) is 10.1 Å². The van der Waals surface area contributed by atoms with E-state index >= 15 is 0 Å². The molecule has 0 rings (SSSR count). The number of unbranched alkanes of at least 4 members (excludes halogenated alkanes) is 2. The molecule has 0 aromatic heterocycles. The fourth-order valence-electron chi connectivity index (χ4n) is 0.688. The first-order chi connectivity index (χ1) is 5.27. The van der Waals surface area contributed by atoms with Crippen molar-refractivity contribution in [2.24, 2.45) is 0 Å². The molecule has 0 heterocycles. The maximum absolute atomic E-state index is 9.86. The zero-order valence-electron chi connectivity index (χ0n) is 6.75. The van der Waals surface area contributed by atoms with Gasteiger partial charge in [-0.1, -0.05) is 0 Å². The van der Waals surface area contributed by atoms with Crippen LogP contribution < -0.4 is 0 Å². The van der Waals surface area contributed by atoms with Gasteiger partial charge in [0.05, 0.1) is 0 Å². The van der Waals surface area contributed by atoms with Gasteiger partial charge in [0.25, 0.3) is 0 Å². The van der Waals surface area contributed by atoms with Crippen LogP contribution in [0.5, 0.6) is 0 Å². The maximum Gasteiger partial charge on any atom is 0.203 e. The van der Waals surface area contributed by atoms with Crippen LogP contribution in [0.25, 0.3) is 0 Å². The fourth-order valence-corrected chi connectivity index (χ4v) is 0.688. The van der Waals surface area contributed by atoms with E-state index in [1.165, 1.54) is 0 Å². The van der Waals surface area contributed by atoms with Crippen LogP contribution in [0.2, 0.25) is 0 Å². The summed E-state index contributed by atoms with van der Waals surface area (Å²) in [6.45, 7) is 1.98. The van der Waals surface area contributed by atoms with Gasteiger partial charge in [0, 0.05) is 11.3 Å². The molecular weight excluding hydrogens is 142 g/mol. The molecule has 0 aromatic rings. The molecule has 0 bridgehead atoms. The van der Waals surface area contributed by atoms with Gasteiger partial charge in [0.2, 0.25) is 6.54 Å². The van der Waals surface area contributed by atoms with E-state index in [0.29, 0.717) is 6.42 Å². The van der Waals surface area contributed by atoms with Crippen molar-refractivity contribution in [2.45, 2.75) is 26.2 Å². The lowest BCUT2D eigenvalue weighted by atomic mass is 10.2. The first-order valence-corrected chi connectivity index (χ1v) is 3.74. The lowest BCUT2D eigenvalue weighted by Crippen LogP contribution is -1.99. The molecule has 0 aliphatic heterocycles. The van der Waals surface area contributed by atoms with Crippen molar-refractivity contribution in [3.8, 4) is 0 Å². The number of hydrogen-bond donors (Lipinski definition) is 0. The highest BCUT2D eigenvalue weighted by atomic mass is 16.6. The van der Waals surface area contributed by atoms with Gasteiger partial charge in [-0.05, 0) is 31.9 Å². The van der Waals surface area contributed by atoms with Gasteiger partial charge in [0.1, 0.15) is 0 Å². The molecule has 0 unspecified atom stereocenters. The summed E-state index contributed by atoms with van der Waals surface area (Å²) < 4.78 is 0. The summed E-state index contributed by atoms with van der Waals surface area (Å²) in [5.74, 6) is 0. The zero-order chi connectivity index (χ0) is 8.53. The van der Waals surface area contributed by atoms with Gasteiger partial charge in [-0.25, -0.2) is 0 Å². The molecule has 0 spiro atoms. The molecule has 0 aromatic carbocycles. The molecule has 0 N–H and O–H groups in total. The van der Waals surface area contributed by atoms with E-state index in [4.69, 9.17) is 0 Å².